The number of unbranched alkanes of at least 4 members (excludes halogenated alkanes) is 1. The van der Waals surface area contributed by atoms with Crippen LogP contribution in [-0.2, 0) is 4.74 Å². The second kappa shape index (κ2) is 8.32. The van der Waals surface area contributed by atoms with Crippen LogP contribution in [0.5, 0.6) is 0 Å². The standard InChI is InChI=1S/C13H26N2O3/c1-3-4-6-11(10-18-2)14-13(17)15-8-5-7-12(16)9-15/h11-12,16H,3-10H2,1-2H3,(H,14,17). The lowest BCUT2D eigenvalue weighted by atomic mass is 10.1. The summed E-state index contributed by atoms with van der Waals surface area (Å²) in [4.78, 5) is 13.7. The van der Waals surface area contributed by atoms with E-state index in [4.69, 9.17) is 4.74 Å². The van der Waals surface area contributed by atoms with E-state index in [0.717, 1.165) is 38.6 Å². The van der Waals surface area contributed by atoms with E-state index in [2.05, 4.69) is 12.2 Å². The molecule has 1 aliphatic heterocycles. The van der Waals surface area contributed by atoms with Crippen LogP contribution in [0.15, 0.2) is 0 Å². The average molecular weight is 258 g/mol. The number of likely N-dealkylation sites (tertiary alicyclic amines) is 1. The molecular formula is C13H26N2O3. The van der Waals surface area contributed by atoms with Crippen LogP contribution < -0.4 is 5.32 Å². The molecule has 0 saturated carbocycles. The summed E-state index contributed by atoms with van der Waals surface area (Å²) in [6.45, 7) is 3.85. The molecular weight excluding hydrogens is 232 g/mol. The molecule has 1 fully saturated rings. The lowest BCUT2D eigenvalue weighted by Gasteiger charge is -2.31. The molecule has 1 heterocycles. The molecule has 2 unspecified atom stereocenters. The van der Waals surface area contributed by atoms with Crippen LogP contribution in [-0.4, -0.2) is 55.0 Å². The van der Waals surface area contributed by atoms with Gasteiger partial charge in [-0.2, -0.15) is 0 Å². The van der Waals surface area contributed by atoms with Crippen molar-refractivity contribution in [3.05, 3.63) is 0 Å². The summed E-state index contributed by atoms with van der Waals surface area (Å²) in [5.74, 6) is 0. The summed E-state index contributed by atoms with van der Waals surface area (Å²) in [7, 11) is 1.65. The first-order chi connectivity index (χ1) is 8.67. The van der Waals surface area contributed by atoms with E-state index in [1.165, 1.54) is 0 Å². The van der Waals surface area contributed by atoms with Gasteiger partial charge in [0.25, 0.3) is 0 Å². The number of ether oxygens (including phenoxy) is 1. The van der Waals surface area contributed by atoms with Crippen molar-refractivity contribution >= 4 is 6.03 Å². The Morgan fingerprint density at radius 2 is 2.39 bits per heavy atom. The molecule has 0 radical (unpaired) electrons. The Hall–Kier alpha value is -0.810. The Labute approximate surface area is 109 Å². The number of nitrogens with one attached hydrogen (secondary N) is 1. The zero-order chi connectivity index (χ0) is 13.4. The van der Waals surface area contributed by atoms with Gasteiger partial charge < -0.3 is 20.1 Å². The molecule has 2 N–H and O–H groups in total. The van der Waals surface area contributed by atoms with Crippen molar-refractivity contribution in [3.8, 4) is 0 Å². The Morgan fingerprint density at radius 3 is 3.00 bits per heavy atom. The van der Waals surface area contributed by atoms with E-state index in [0.29, 0.717) is 13.2 Å². The zero-order valence-corrected chi connectivity index (χ0v) is 11.5. The Bertz CT molecular complexity index is 248. The van der Waals surface area contributed by atoms with Crippen LogP contribution >= 0.6 is 0 Å². The highest BCUT2D eigenvalue weighted by molar-refractivity contribution is 5.74. The Kier molecular flexibility index (Phi) is 7.05. The van der Waals surface area contributed by atoms with Gasteiger partial charge in [-0.15, -0.1) is 0 Å². The number of carbonyl (C=O) groups excluding carboxylic acids is 1. The zero-order valence-electron chi connectivity index (χ0n) is 11.5. The fraction of sp³-hybridized carbons (Fsp3) is 0.923. The fourth-order valence-corrected chi connectivity index (χ4v) is 2.25. The number of β-amino-alcohol motifs (C(OH)–C–C–N with tert-alkyl or cyclic N) is 1. The molecule has 106 valence electrons. The highest BCUT2D eigenvalue weighted by Gasteiger charge is 2.23. The fourth-order valence-electron chi connectivity index (χ4n) is 2.25. The van der Waals surface area contributed by atoms with Crippen LogP contribution in [0.1, 0.15) is 39.0 Å². The first kappa shape index (κ1) is 15.2. The van der Waals surface area contributed by atoms with Crippen LogP contribution in [0.4, 0.5) is 4.79 Å². The molecule has 0 bridgehead atoms. The van der Waals surface area contributed by atoms with E-state index in [1.54, 1.807) is 12.0 Å². The number of methoxy groups -OCH3 is 1. The number of hydrogen-bond acceptors (Lipinski definition) is 3. The van der Waals surface area contributed by atoms with Crippen LogP contribution in [0.3, 0.4) is 0 Å². The van der Waals surface area contributed by atoms with Crippen LogP contribution in [0, 0.1) is 0 Å². The Balaban J connectivity index is 2.38. The molecule has 2 amide bonds. The molecule has 5 heteroatoms. The van der Waals surface area contributed by atoms with Crippen molar-refractivity contribution in [2.75, 3.05) is 26.8 Å². The van der Waals surface area contributed by atoms with Crippen molar-refractivity contribution in [2.45, 2.75) is 51.2 Å². The van der Waals surface area contributed by atoms with Gasteiger partial charge in [0.2, 0.25) is 0 Å². The number of rotatable bonds is 6. The maximum absolute atomic E-state index is 12.0. The average Bonchev–Trinajstić information content (AvgIpc) is 2.36. The molecule has 18 heavy (non-hydrogen) atoms. The van der Waals surface area contributed by atoms with Gasteiger partial charge >= 0.3 is 6.03 Å². The smallest absolute Gasteiger partial charge is 0.317 e. The summed E-state index contributed by atoms with van der Waals surface area (Å²) in [5.41, 5.74) is 0. The monoisotopic (exact) mass is 258 g/mol. The van der Waals surface area contributed by atoms with Gasteiger partial charge in [0.05, 0.1) is 18.8 Å². The third-order valence-electron chi connectivity index (χ3n) is 3.29. The van der Waals surface area contributed by atoms with Gasteiger partial charge in [-0.3, -0.25) is 0 Å². The number of aliphatic hydroxyl groups is 1. The molecule has 0 aliphatic carbocycles. The van der Waals surface area contributed by atoms with Gasteiger partial charge in [0.1, 0.15) is 0 Å². The summed E-state index contributed by atoms with van der Waals surface area (Å²) in [5, 5.41) is 12.6. The SMILES string of the molecule is CCCCC(COC)NC(=O)N1CCCC(O)C1. The largest absolute Gasteiger partial charge is 0.391 e. The van der Waals surface area contributed by atoms with Crippen molar-refractivity contribution < 1.29 is 14.6 Å². The van der Waals surface area contributed by atoms with E-state index >= 15 is 0 Å². The third-order valence-corrected chi connectivity index (χ3v) is 3.29. The number of urea groups is 1. The summed E-state index contributed by atoms with van der Waals surface area (Å²) in [6.07, 6.45) is 4.42. The summed E-state index contributed by atoms with van der Waals surface area (Å²) < 4.78 is 5.13. The predicted octanol–water partition coefficient (Wildman–Crippen LogP) is 1.36. The summed E-state index contributed by atoms with van der Waals surface area (Å²) >= 11 is 0. The molecule has 0 spiro atoms. The molecule has 1 rings (SSSR count). The first-order valence-electron chi connectivity index (χ1n) is 6.89. The van der Waals surface area contributed by atoms with Gasteiger partial charge in [0, 0.05) is 20.2 Å². The predicted molar refractivity (Wildman–Crippen MR) is 70.5 cm³/mol. The maximum atomic E-state index is 12.0. The van der Waals surface area contributed by atoms with Crippen LogP contribution in [0.25, 0.3) is 0 Å². The maximum Gasteiger partial charge on any atom is 0.317 e. The van der Waals surface area contributed by atoms with Crippen molar-refractivity contribution in [1.82, 2.24) is 10.2 Å². The van der Waals surface area contributed by atoms with Gasteiger partial charge in [0.15, 0.2) is 0 Å². The quantitative estimate of drug-likeness (QED) is 0.756. The minimum Gasteiger partial charge on any atom is -0.391 e. The number of hydrogen-bond donors (Lipinski definition) is 2. The number of nitrogens with zero attached hydrogens (tertiary/aromatic N) is 1. The summed E-state index contributed by atoms with van der Waals surface area (Å²) in [6, 6.07) is -0.00609. The molecule has 0 aromatic carbocycles. The second-order valence-electron chi connectivity index (χ2n) is 4.99. The van der Waals surface area contributed by atoms with Crippen molar-refractivity contribution in [2.24, 2.45) is 0 Å². The third kappa shape index (κ3) is 5.23. The number of carbonyl (C=O) groups is 1. The molecule has 1 saturated heterocycles. The van der Waals surface area contributed by atoms with Gasteiger partial charge in [-0.1, -0.05) is 19.8 Å². The Morgan fingerprint density at radius 1 is 1.61 bits per heavy atom. The number of aliphatic hydroxyl groups excluding tert-OH is 1. The second-order valence-corrected chi connectivity index (χ2v) is 4.99. The van der Waals surface area contributed by atoms with Gasteiger partial charge in [-0.05, 0) is 19.3 Å². The molecule has 1 aliphatic rings. The van der Waals surface area contributed by atoms with Crippen LogP contribution in [0.2, 0.25) is 0 Å². The van der Waals surface area contributed by atoms with E-state index < -0.39 is 0 Å². The topological polar surface area (TPSA) is 61.8 Å². The van der Waals surface area contributed by atoms with E-state index in [9.17, 15) is 9.90 Å². The normalized spacial score (nSPS) is 21.7. The first-order valence-corrected chi connectivity index (χ1v) is 6.89. The van der Waals surface area contributed by atoms with E-state index in [-0.39, 0.29) is 18.2 Å². The van der Waals surface area contributed by atoms with E-state index in [1.807, 2.05) is 0 Å². The highest BCUT2D eigenvalue weighted by Crippen LogP contribution is 2.10. The highest BCUT2D eigenvalue weighted by atomic mass is 16.5. The minimum absolute atomic E-state index is 0.0709. The van der Waals surface area contributed by atoms with Crippen molar-refractivity contribution in [3.63, 3.8) is 0 Å². The lowest BCUT2D eigenvalue weighted by Crippen LogP contribution is -2.50. The number of piperidine rings is 1. The molecule has 0 aromatic heterocycles. The number of amides is 2. The molecule has 2 atom stereocenters. The molecule has 0 aromatic rings. The van der Waals surface area contributed by atoms with Crippen molar-refractivity contribution in [1.29, 1.82) is 0 Å². The lowest BCUT2D eigenvalue weighted by molar-refractivity contribution is 0.0807. The minimum atomic E-state index is -0.374. The molecule has 5 nitrogen and oxygen atoms in total. The van der Waals surface area contributed by atoms with Gasteiger partial charge in [-0.25, -0.2) is 4.79 Å².